The summed E-state index contributed by atoms with van der Waals surface area (Å²) < 4.78 is 26.2. The number of halogens is 2. The fourth-order valence-electron chi connectivity index (χ4n) is 2.18. The lowest BCUT2D eigenvalue weighted by molar-refractivity contribution is 0.471. The predicted octanol–water partition coefficient (Wildman–Crippen LogP) is 4.75. The second kappa shape index (κ2) is 8.81. The highest BCUT2D eigenvalue weighted by Crippen LogP contribution is 2.22. The molecule has 1 aromatic rings. The van der Waals surface area contributed by atoms with Crippen LogP contribution in [-0.4, -0.2) is 6.54 Å². The predicted molar refractivity (Wildman–Crippen MR) is 76.1 cm³/mol. The third-order valence-corrected chi connectivity index (χ3v) is 3.20. The monoisotopic (exact) mass is 267 g/mol. The summed E-state index contributed by atoms with van der Waals surface area (Å²) in [6, 6.07) is 4.26. The van der Waals surface area contributed by atoms with Gasteiger partial charge in [0.1, 0.15) is 0 Å². The van der Waals surface area contributed by atoms with E-state index < -0.39 is 11.6 Å². The Morgan fingerprint density at radius 2 is 2.00 bits per heavy atom. The van der Waals surface area contributed by atoms with Gasteiger partial charge in [-0.15, -0.1) is 6.58 Å². The minimum atomic E-state index is -0.787. The highest BCUT2D eigenvalue weighted by Gasteiger charge is 2.12. The zero-order valence-corrected chi connectivity index (χ0v) is 11.6. The van der Waals surface area contributed by atoms with Crippen LogP contribution in [0.15, 0.2) is 30.9 Å². The van der Waals surface area contributed by atoms with E-state index >= 15 is 0 Å². The maximum atomic E-state index is 13.3. The van der Waals surface area contributed by atoms with E-state index in [9.17, 15) is 8.78 Å². The zero-order valence-electron chi connectivity index (χ0n) is 11.6. The molecule has 1 rings (SSSR count). The molecule has 0 saturated heterocycles. The maximum Gasteiger partial charge on any atom is 0.159 e. The number of unbranched alkanes of at least 4 members (excludes halogenated alkanes) is 3. The van der Waals surface area contributed by atoms with Gasteiger partial charge in [0.2, 0.25) is 0 Å². The van der Waals surface area contributed by atoms with Crippen molar-refractivity contribution in [1.29, 1.82) is 0 Å². The Bertz CT molecular complexity index is 390. The number of allylic oxidation sites excluding steroid dienone is 1. The molecule has 0 aromatic heterocycles. The van der Waals surface area contributed by atoms with E-state index in [-0.39, 0.29) is 6.04 Å². The van der Waals surface area contributed by atoms with Gasteiger partial charge in [-0.2, -0.15) is 0 Å². The topological polar surface area (TPSA) is 12.0 Å². The van der Waals surface area contributed by atoms with Crippen molar-refractivity contribution in [3.8, 4) is 0 Å². The molecule has 1 aromatic carbocycles. The van der Waals surface area contributed by atoms with Crippen LogP contribution in [-0.2, 0) is 0 Å². The Morgan fingerprint density at radius 3 is 2.63 bits per heavy atom. The van der Waals surface area contributed by atoms with Crippen LogP contribution in [0.5, 0.6) is 0 Å². The van der Waals surface area contributed by atoms with Crippen molar-refractivity contribution >= 4 is 0 Å². The summed E-state index contributed by atoms with van der Waals surface area (Å²) in [5, 5.41) is 3.33. The van der Waals surface area contributed by atoms with Crippen molar-refractivity contribution < 1.29 is 8.78 Å². The average Bonchev–Trinajstić information content (AvgIpc) is 2.40. The van der Waals surface area contributed by atoms with Crippen LogP contribution in [0.1, 0.15) is 50.6 Å². The number of benzene rings is 1. The van der Waals surface area contributed by atoms with Crippen molar-refractivity contribution in [3.63, 3.8) is 0 Å². The van der Waals surface area contributed by atoms with E-state index in [1.165, 1.54) is 12.1 Å². The Morgan fingerprint density at radius 1 is 1.21 bits per heavy atom. The average molecular weight is 267 g/mol. The first-order valence-corrected chi connectivity index (χ1v) is 6.98. The highest BCUT2D eigenvalue weighted by molar-refractivity contribution is 5.21. The van der Waals surface area contributed by atoms with Gasteiger partial charge in [-0.3, -0.25) is 0 Å². The summed E-state index contributed by atoms with van der Waals surface area (Å²) in [6.07, 6.45) is 7.26. The van der Waals surface area contributed by atoms with Gasteiger partial charge in [0.05, 0.1) is 0 Å². The molecule has 0 radical (unpaired) electrons. The molecule has 1 atom stereocenters. The fourth-order valence-corrected chi connectivity index (χ4v) is 2.18. The molecule has 0 saturated carbocycles. The lowest BCUT2D eigenvalue weighted by Gasteiger charge is -2.18. The van der Waals surface area contributed by atoms with Crippen LogP contribution < -0.4 is 5.32 Å². The van der Waals surface area contributed by atoms with Crippen LogP contribution >= 0.6 is 0 Å². The van der Waals surface area contributed by atoms with Crippen LogP contribution in [0.25, 0.3) is 0 Å². The van der Waals surface area contributed by atoms with Gasteiger partial charge in [0.15, 0.2) is 11.6 Å². The van der Waals surface area contributed by atoms with Crippen LogP contribution in [0.2, 0.25) is 0 Å². The van der Waals surface area contributed by atoms with Crippen LogP contribution in [0.4, 0.5) is 8.78 Å². The Hall–Kier alpha value is -1.22. The highest BCUT2D eigenvalue weighted by atomic mass is 19.2. The smallest absolute Gasteiger partial charge is 0.159 e. The van der Waals surface area contributed by atoms with E-state index in [2.05, 4.69) is 11.9 Å². The van der Waals surface area contributed by atoms with Crippen LogP contribution in [0, 0.1) is 11.6 Å². The molecule has 0 bridgehead atoms. The molecule has 0 aliphatic carbocycles. The van der Waals surface area contributed by atoms with Crippen molar-refractivity contribution in [3.05, 3.63) is 48.1 Å². The van der Waals surface area contributed by atoms with E-state index in [0.29, 0.717) is 0 Å². The first-order valence-electron chi connectivity index (χ1n) is 6.98. The van der Waals surface area contributed by atoms with E-state index in [4.69, 9.17) is 0 Å². The molecular weight excluding hydrogens is 244 g/mol. The largest absolute Gasteiger partial charge is 0.310 e. The molecule has 0 spiro atoms. The zero-order chi connectivity index (χ0) is 14.1. The molecular formula is C16H23F2N. The fraction of sp³-hybridized carbons (Fsp3) is 0.500. The number of hydrogen-bond acceptors (Lipinski definition) is 1. The second-order valence-corrected chi connectivity index (χ2v) is 4.71. The Balaban J connectivity index is 2.55. The van der Waals surface area contributed by atoms with Gasteiger partial charge in [-0.05, 0) is 43.5 Å². The first kappa shape index (κ1) is 15.8. The molecule has 0 aliphatic rings. The van der Waals surface area contributed by atoms with Gasteiger partial charge in [0, 0.05) is 6.04 Å². The summed E-state index contributed by atoms with van der Waals surface area (Å²) in [7, 11) is 0. The molecule has 1 nitrogen and oxygen atoms in total. The molecule has 3 heteroatoms. The van der Waals surface area contributed by atoms with Crippen molar-refractivity contribution in [2.75, 3.05) is 6.54 Å². The summed E-state index contributed by atoms with van der Waals surface area (Å²) in [6.45, 7) is 6.53. The van der Waals surface area contributed by atoms with Gasteiger partial charge in [0.25, 0.3) is 0 Å². The van der Waals surface area contributed by atoms with Crippen LogP contribution in [0.3, 0.4) is 0 Å². The number of nitrogens with one attached hydrogen (secondary N) is 1. The molecule has 0 aliphatic heterocycles. The third-order valence-electron chi connectivity index (χ3n) is 3.20. The number of hydrogen-bond donors (Lipinski definition) is 1. The Labute approximate surface area is 114 Å². The maximum absolute atomic E-state index is 13.3. The van der Waals surface area contributed by atoms with Crippen molar-refractivity contribution in [2.45, 2.75) is 45.1 Å². The molecule has 0 heterocycles. The van der Waals surface area contributed by atoms with Gasteiger partial charge < -0.3 is 5.32 Å². The van der Waals surface area contributed by atoms with E-state index in [1.807, 2.05) is 13.0 Å². The molecule has 19 heavy (non-hydrogen) atoms. The van der Waals surface area contributed by atoms with Gasteiger partial charge in [-0.1, -0.05) is 31.9 Å². The SMILES string of the molecule is C=CCCCCCC(NCC)c1ccc(F)c(F)c1. The molecule has 1 N–H and O–H groups in total. The quantitative estimate of drug-likeness (QED) is 0.503. The normalized spacial score (nSPS) is 12.4. The Kier molecular flexibility index (Phi) is 7.34. The molecule has 1 unspecified atom stereocenters. The minimum absolute atomic E-state index is 0.101. The second-order valence-electron chi connectivity index (χ2n) is 4.71. The number of rotatable bonds is 9. The lowest BCUT2D eigenvalue weighted by Crippen LogP contribution is -2.21. The first-order chi connectivity index (χ1) is 9.19. The standard InChI is InChI=1S/C16H23F2N/c1-3-5-6-7-8-9-16(19-4-2)13-10-11-14(17)15(18)12-13/h3,10-12,16,19H,1,4-9H2,2H3. The summed E-state index contributed by atoms with van der Waals surface area (Å²) in [5.74, 6) is -1.56. The van der Waals surface area contributed by atoms with E-state index in [1.54, 1.807) is 6.07 Å². The summed E-state index contributed by atoms with van der Waals surface area (Å²) in [5.41, 5.74) is 0.824. The molecule has 0 amide bonds. The molecule has 0 fully saturated rings. The summed E-state index contributed by atoms with van der Waals surface area (Å²) >= 11 is 0. The van der Waals surface area contributed by atoms with Gasteiger partial charge in [-0.25, -0.2) is 8.78 Å². The van der Waals surface area contributed by atoms with E-state index in [0.717, 1.165) is 44.2 Å². The third kappa shape index (κ3) is 5.52. The van der Waals surface area contributed by atoms with Crippen molar-refractivity contribution in [1.82, 2.24) is 5.32 Å². The molecule has 106 valence electrons. The van der Waals surface area contributed by atoms with Gasteiger partial charge >= 0.3 is 0 Å². The van der Waals surface area contributed by atoms with Crippen molar-refractivity contribution in [2.24, 2.45) is 0 Å². The summed E-state index contributed by atoms with van der Waals surface area (Å²) in [4.78, 5) is 0. The lowest BCUT2D eigenvalue weighted by atomic mass is 9.99. The minimum Gasteiger partial charge on any atom is -0.310 e.